The van der Waals surface area contributed by atoms with Crippen LogP contribution in [0.5, 0.6) is 0 Å². The Morgan fingerprint density at radius 1 is 1.57 bits per heavy atom. The van der Waals surface area contributed by atoms with E-state index in [2.05, 4.69) is 22.9 Å². The number of rotatable bonds is 6. The molecule has 2 N–H and O–H groups in total. The van der Waals surface area contributed by atoms with E-state index < -0.39 is 0 Å². The summed E-state index contributed by atoms with van der Waals surface area (Å²) < 4.78 is 2.08. The highest BCUT2D eigenvalue weighted by atomic mass is 16.3. The smallest absolute Gasteiger partial charge is 0.0664 e. The van der Waals surface area contributed by atoms with Gasteiger partial charge in [-0.25, -0.2) is 0 Å². The molecule has 0 saturated heterocycles. The van der Waals surface area contributed by atoms with E-state index in [0.717, 1.165) is 19.4 Å². The molecule has 3 heteroatoms. The van der Waals surface area contributed by atoms with Crippen LogP contribution in [0.15, 0.2) is 18.3 Å². The first kappa shape index (κ1) is 11.3. The number of aliphatic hydroxyl groups is 1. The first-order chi connectivity index (χ1) is 6.74. The van der Waals surface area contributed by atoms with Gasteiger partial charge in [-0.05, 0) is 18.6 Å². The molecule has 1 aromatic heterocycles. The summed E-state index contributed by atoms with van der Waals surface area (Å²) in [6, 6.07) is 4.11. The zero-order valence-corrected chi connectivity index (χ0v) is 9.03. The van der Waals surface area contributed by atoms with Gasteiger partial charge in [0, 0.05) is 32.0 Å². The average Bonchev–Trinajstić information content (AvgIpc) is 2.52. The van der Waals surface area contributed by atoms with Crippen molar-refractivity contribution in [3.05, 3.63) is 24.0 Å². The quantitative estimate of drug-likeness (QED) is 0.719. The van der Waals surface area contributed by atoms with Crippen LogP contribution in [-0.4, -0.2) is 22.3 Å². The van der Waals surface area contributed by atoms with Crippen molar-refractivity contribution in [2.45, 2.75) is 32.4 Å². The molecule has 0 fully saturated rings. The lowest BCUT2D eigenvalue weighted by molar-refractivity contribution is 0.160. The second-order valence-corrected chi connectivity index (χ2v) is 3.68. The number of nitrogens with one attached hydrogen (secondary N) is 1. The van der Waals surface area contributed by atoms with Gasteiger partial charge in [-0.2, -0.15) is 0 Å². The standard InChI is InChI=1S/C11H20N2O/c1-3-5-11(14)9-12-8-10-6-4-7-13(10)2/h4,6-7,11-12,14H,3,5,8-9H2,1-2H3. The minimum Gasteiger partial charge on any atom is -0.392 e. The molecule has 0 radical (unpaired) electrons. The largest absolute Gasteiger partial charge is 0.392 e. The lowest BCUT2D eigenvalue weighted by Crippen LogP contribution is -2.26. The monoisotopic (exact) mass is 196 g/mol. The SMILES string of the molecule is CCCC(O)CNCc1cccn1C. The molecule has 0 aliphatic carbocycles. The fraction of sp³-hybridized carbons (Fsp3) is 0.636. The molecule has 0 spiro atoms. The van der Waals surface area contributed by atoms with Gasteiger partial charge in [-0.3, -0.25) is 0 Å². The molecule has 80 valence electrons. The first-order valence-electron chi connectivity index (χ1n) is 5.23. The number of aliphatic hydroxyl groups excluding tert-OH is 1. The fourth-order valence-electron chi connectivity index (χ4n) is 1.48. The Hall–Kier alpha value is -0.800. The van der Waals surface area contributed by atoms with E-state index in [-0.39, 0.29) is 6.10 Å². The Bertz CT molecular complexity index is 258. The number of hydrogen-bond donors (Lipinski definition) is 2. The Kier molecular flexibility index (Phi) is 4.70. The van der Waals surface area contributed by atoms with Gasteiger partial charge in [0.15, 0.2) is 0 Å². The third-order valence-electron chi connectivity index (χ3n) is 2.36. The molecule has 1 aromatic rings. The van der Waals surface area contributed by atoms with Crippen LogP contribution in [0.1, 0.15) is 25.5 Å². The van der Waals surface area contributed by atoms with E-state index in [9.17, 15) is 5.11 Å². The highest BCUT2D eigenvalue weighted by Gasteiger charge is 2.02. The van der Waals surface area contributed by atoms with Crippen LogP contribution in [0, 0.1) is 0 Å². The van der Waals surface area contributed by atoms with Gasteiger partial charge in [-0.15, -0.1) is 0 Å². The van der Waals surface area contributed by atoms with Crippen LogP contribution in [0.3, 0.4) is 0 Å². The fourth-order valence-corrected chi connectivity index (χ4v) is 1.48. The second-order valence-electron chi connectivity index (χ2n) is 3.68. The molecule has 1 atom stereocenters. The van der Waals surface area contributed by atoms with E-state index in [1.165, 1.54) is 5.69 Å². The second kappa shape index (κ2) is 5.83. The van der Waals surface area contributed by atoms with Gasteiger partial charge in [-0.1, -0.05) is 13.3 Å². The number of hydrogen-bond acceptors (Lipinski definition) is 2. The molecule has 0 aliphatic heterocycles. The molecule has 1 rings (SSSR count). The van der Waals surface area contributed by atoms with Crippen LogP contribution in [-0.2, 0) is 13.6 Å². The van der Waals surface area contributed by atoms with E-state index in [4.69, 9.17) is 0 Å². The lowest BCUT2D eigenvalue weighted by atomic mass is 10.2. The van der Waals surface area contributed by atoms with Crippen LogP contribution >= 0.6 is 0 Å². The summed E-state index contributed by atoms with van der Waals surface area (Å²) in [6.07, 6.45) is 3.73. The summed E-state index contributed by atoms with van der Waals surface area (Å²) >= 11 is 0. The molecule has 0 aliphatic rings. The third kappa shape index (κ3) is 3.52. The predicted molar refractivity (Wildman–Crippen MR) is 58.0 cm³/mol. The number of aromatic nitrogens is 1. The molecule has 0 aromatic carbocycles. The van der Waals surface area contributed by atoms with Crippen molar-refractivity contribution in [1.82, 2.24) is 9.88 Å². The van der Waals surface area contributed by atoms with Gasteiger partial charge in [0.25, 0.3) is 0 Å². The maximum absolute atomic E-state index is 9.48. The van der Waals surface area contributed by atoms with E-state index in [1.54, 1.807) is 0 Å². The summed E-state index contributed by atoms with van der Waals surface area (Å²) in [7, 11) is 2.03. The van der Waals surface area contributed by atoms with Crippen molar-refractivity contribution in [3.8, 4) is 0 Å². The molecule has 1 unspecified atom stereocenters. The van der Waals surface area contributed by atoms with Crippen LogP contribution < -0.4 is 5.32 Å². The lowest BCUT2D eigenvalue weighted by Gasteiger charge is -2.10. The van der Waals surface area contributed by atoms with Crippen LogP contribution in [0.2, 0.25) is 0 Å². The van der Waals surface area contributed by atoms with Gasteiger partial charge in [0.2, 0.25) is 0 Å². The maximum atomic E-state index is 9.48. The summed E-state index contributed by atoms with van der Waals surface area (Å²) in [6.45, 7) is 3.59. The summed E-state index contributed by atoms with van der Waals surface area (Å²) in [5.74, 6) is 0. The van der Waals surface area contributed by atoms with Crippen molar-refractivity contribution >= 4 is 0 Å². The Balaban J connectivity index is 2.19. The molecule has 0 amide bonds. The van der Waals surface area contributed by atoms with E-state index in [1.807, 2.05) is 19.3 Å². The van der Waals surface area contributed by atoms with Gasteiger partial charge < -0.3 is 15.0 Å². The molecule has 0 saturated carbocycles. The van der Waals surface area contributed by atoms with Crippen molar-refractivity contribution < 1.29 is 5.11 Å². The van der Waals surface area contributed by atoms with Gasteiger partial charge in [0.1, 0.15) is 0 Å². The molecule has 14 heavy (non-hydrogen) atoms. The highest BCUT2D eigenvalue weighted by molar-refractivity contribution is 5.05. The van der Waals surface area contributed by atoms with E-state index in [0.29, 0.717) is 6.54 Å². The van der Waals surface area contributed by atoms with E-state index >= 15 is 0 Å². The zero-order chi connectivity index (χ0) is 10.4. The third-order valence-corrected chi connectivity index (χ3v) is 2.36. The minimum absolute atomic E-state index is 0.208. The average molecular weight is 196 g/mol. The van der Waals surface area contributed by atoms with Crippen molar-refractivity contribution in [2.75, 3.05) is 6.54 Å². The van der Waals surface area contributed by atoms with Gasteiger partial charge in [0.05, 0.1) is 6.10 Å². The summed E-state index contributed by atoms with van der Waals surface area (Å²) in [5, 5.41) is 12.7. The molecule has 0 bridgehead atoms. The molecule has 3 nitrogen and oxygen atoms in total. The van der Waals surface area contributed by atoms with Crippen molar-refractivity contribution in [3.63, 3.8) is 0 Å². The molecular weight excluding hydrogens is 176 g/mol. The number of aryl methyl sites for hydroxylation is 1. The Morgan fingerprint density at radius 2 is 2.36 bits per heavy atom. The van der Waals surface area contributed by atoms with Crippen LogP contribution in [0.25, 0.3) is 0 Å². The minimum atomic E-state index is -0.208. The highest BCUT2D eigenvalue weighted by Crippen LogP contribution is 1.99. The first-order valence-corrected chi connectivity index (χ1v) is 5.23. The molecule has 1 heterocycles. The van der Waals surface area contributed by atoms with Crippen molar-refractivity contribution in [1.29, 1.82) is 0 Å². The Morgan fingerprint density at radius 3 is 2.93 bits per heavy atom. The summed E-state index contributed by atoms with van der Waals surface area (Å²) in [4.78, 5) is 0. The maximum Gasteiger partial charge on any atom is 0.0664 e. The Labute approximate surface area is 85.7 Å². The zero-order valence-electron chi connectivity index (χ0n) is 9.03. The topological polar surface area (TPSA) is 37.2 Å². The van der Waals surface area contributed by atoms with Gasteiger partial charge >= 0.3 is 0 Å². The summed E-state index contributed by atoms with van der Waals surface area (Å²) in [5.41, 5.74) is 1.24. The van der Waals surface area contributed by atoms with Crippen LogP contribution in [0.4, 0.5) is 0 Å². The number of nitrogens with zero attached hydrogens (tertiary/aromatic N) is 1. The van der Waals surface area contributed by atoms with Crippen molar-refractivity contribution in [2.24, 2.45) is 7.05 Å². The molecular formula is C11H20N2O. The predicted octanol–water partition coefficient (Wildman–Crippen LogP) is 1.28. The normalized spacial score (nSPS) is 13.1.